The first-order chi connectivity index (χ1) is 7.72. The van der Waals surface area contributed by atoms with Crippen molar-refractivity contribution in [3.8, 4) is 5.75 Å². The average Bonchev–Trinajstić information content (AvgIpc) is 2.27. The van der Waals surface area contributed by atoms with Crippen LogP contribution < -0.4 is 10.1 Å². The molecule has 0 saturated heterocycles. The minimum atomic E-state index is 0. The van der Waals surface area contributed by atoms with Crippen LogP contribution in [-0.4, -0.2) is 13.2 Å². The number of hydrogen-bond acceptors (Lipinski definition) is 2. The van der Waals surface area contributed by atoms with Crippen molar-refractivity contribution in [1.29, 1.82) is 0 Å². The second-order valence-corrected chi connectivity index (χ2v) is 4.27. The third-order valence-corrected chi connectivity index (χ3v) is 2.17. The average molecular weight is 256 g/mol. The molecular weight excluding hydrogens is 234 g/mol. The highest BCUT2D eigenvalue weighted by molar-refractivity contribution is 5.85. The van der Waals surface area contributed by atoms with Gasteiger partial charge in [-0.2, -0.15) is 0 Å². The van der Waals surface area contributed by atoms with Gasteiger partial charge in [-0.15, -0.1) is 12.4 Å². The van der Waals surface area contributed by atoms with Crippen molar-refractivity contribution in [3.63, 3.8) is 0 Å². The molecule has 0 amide bonds. The third kappa shape index (κ3) is 7.03. The number of rotatable bonds is 7. The molecule has 17 heavy (non-hydrogen) atoms. The lowest BCUT2D eigenvalue weighted by Crippen LogP contribution is -2.18. The minimum absolute atomic E-state index is 0. The van der Waals surface area contributed by atoms with E-state index in [0.29, 0.717) is 12.5 Å². The molecule has 0 heterocycles. The predicted octanol–water partition coefficient (Wildman–Crippen LogP) is 3.42. The lowest BCUT2D eigenvalue weighted by Gasteiger charge is -2.08. The number of hydrogen-bond donors (Lipinski definition) is 1. The summed E-state index contributed by atoms with van der Waals surface area (Å²) in [5.41, 5.74) is 1.28. The molecule has 1 rings (SSSR count). The molecule has 1 aromatic carbocycles. The fraction of sp³-hybridized carbons (Fsp3) is 0.429. The van der Waals surface area contributed by atoms with Gasteiger partial charge in [0.25, 0.3) is 0 Å². The summed E-state index contributed by atoms with van der Waals surface area (Å²) in [6.45, 7) is 10.6. The summed E-state index contributed by atoms with van der Waals surface area (Å²) >= 11 is 0. The van der Waals surface area contributed by atoms with Gasteiger partial charge in [-0.05, 0) is 30.2 Å². The van der Waals surface area contributed by atoms with Crippen molar-refractivity contribution in [2.45, 2.75) is 20.4 Å². The molecule has 3 heteroatoms. The van der Waals surface area contributed by atoms with Crippen LogP contribution >= 0.6 is 12.4 Å². The van der Waals surface area contributed by atoms with Crippen LogP contribution in [0.25, 0.3) is 0 Å². The van der Waals surface area contributed by atoms with Crippen LogP contribution in [0.5, 0.6) is 5.75 Å². The molecule has 1 aromatic rings. The molecule has 0 saturated carbocycles. The van der Waals surface area contributed by atoms with Gasteiger partial charge in [0.1, 0.15) is 12.4 Å². The Morgan fingerprint density at radius 1 is 1.29 bits per heavy atom. The molecule has 1 N–H and O–H groups in total. The van der Waals surface area contributed by atoms with Crippen molar-refractivity contribution >= 4 is 12.4 Å². The van der Waals surface area contributed by atoms with E-state index in [0.717, 1.165) is 18.8 Å². The minimum Gasteiger partial charge on any atom is -0.490 e. The van der Waals surface area contributed by atoms with E-state index >= 15 is 0 Å². The Balaban J connectivity index is 0.00000256. The summed E-state index contributed by atoms with van der Waals surface area (Å²) < 4.78 is 5.41. The molecule has 0 aliphatic rings. The van der Waals surface area contributed by atoms with E-state index in [1.165, 1.54) is 5.56 Å². The molecule has 0 atom stereocenters. The Hall–Kier alpha value is -0.990. The second-order valence-electron chi connectivity index (χ2n) is 4.27. The Morgan fingerprint density at radius 3 is 2.47 bits per heavy atom. The molecule has 0 aliphatic carbocycles. The summed E-state index contributed by atoms with van der Waals surface area (Å²) in [6.07, 6.45) is 1.75. The van der Waals surface area contributed by atoms with Crippen LogP contribution in [0.4, 0.5) is 0 Å². The Labute approximate surface area is 110 Å². The van der Waals surface area contributed by atoms with Crippen LogP contribution in [0, 0.1) is 5.92 Å². The van der Waals surface area contributed by atoms with Crippen LogP contribution in [0.1, 0.15) is 19.4 Å². The molecule has 0 spiro atoms. The highest BCUT2D eigenvalue weighted by Crippen LogP contribution is 2.11. The van der Waals surface area contributed by atoms with Gasteiger partial charge in [0.2, 0.25) is 0 Å². The summed E-state index contributed by atoms with van der Waals surface area (Å²) in [7, 11) is 0. The fourth-order valence-electron chi connectivity index (χ4n) is 1.36. The van der Waals surface area contributed by atoms with Gasteiger partial charge in [0, 0.05) is 6.54 Å². The quantitative estimate of drug-likeness (QED) is 0.754. The first-order valence-corrected chi connectivity index (χ1v) is 5.75. The van der Waals surface area contributed by atoms with E-state index in [-0.39, 0.29) is 12.4 Å². The van der Waals surface area contributed by atoms with Gasteiger partial charge in [-0.3, -0.25) is 0 Å². The highest BCUT2D eigenvalue weighted by Gasteiger charge is 1.96. The second kappa shape index (κ2) is 9.08. The third-order valence-electron chi connectivity index (χ3n) is 2.17. The lowest BCUT2D eigenvalue weighted by atomic mass is 10.2. The van der Waals surface area contributed by atoms with Crippen molar-refractivity contribution in [2.24, 2.45) is 5.92 Å². The van der Waals surface area contributed by atoms with Crippen LogP contribution in [0.3, 0.4) is 0 Å². The molecule has 0 unspecified atom stereocenters. The highest BCUT2D eigenvalue weighted by atomic mass is 35.5. The van der Waals surface area contributed by atoms with Gasteiger partial charge in [-0.25, -0.2) is 0 Å². The monoisotopic (exact) mass is 255 g/mol. The molecule has 0 fully saturated rings. The summed E-state index contributed by atoms with van der Waals surface area (Å²) in [5, 5.41) is 3.41. The molecular formula is C14H22ClNO. The summed E-state index contributed by atoms with van der Waals surface area (Å²) in [5.74, 6) is 1.59. The zero-order chi connectivity index (χ0) is 11.8. The van der Waals surface area contributed by atoms with E-state index < -0.39 is 0 Å². The van der Waals surface area contributed by atoms with E-state index in [4.69, 9.17) is 4.74 Å². The molecule has 2 nitrogen and oxygen atoms in total. The van der Waals surface area contributed by atoms with Gasteiger partial charge in [-0.1, -0.05) is 38.6 Å². The van der Waals surface area contributed by atoms with Gasteiger partial charge in [0.15, 0.2) is 0 Å². The van der Waals surface area contributed by atoms with Crippen molar-refractivity contribution in [3.05, 3.63) is 42.5 Å². The van der Waals surface area contributed by atoms with Crippen molar-refractivity contribution < 1.29 is 4.74 Å². The molecule has 0 aromatic heterocycles. The van der Waals surface area contributed by atoms with E-state index in [2.05, 4.69) is 37.9 Å². The fourth-order valence-corrected chi connectivity index (χ4v) is 1.36. The topological polar surface area (TPSA) is 21.3 Å². The van der Waals surface area contributed by atoms with Crippen molar-refractivity contribution in [1.82, 2.24) is 5.32 Å². The standard InChI is InChI=1S/C14H21NO.ClH/c1-4-9-16-14-7-5-13(6-8-14)11-15-10-12(2)3;/h4-8,12,15H,1,9-11H2,2-3H3;1H. The van der Waals surface area contributed by atoms with Crippen LogP contribution in [0.2, 0.25) is 0 Å². The zero-order valence-electron chi connectivity index (χ0n) is 10.6. The maximum absolute atomic E-state index is 5.41. The van der Waals surface area contributed by atoms with Crippen LogP contribution in [0.15, 0.2) is 36.9 Å². The smallest absolute Gasteiger partial charge is 0.119 e. The molecule has 96 valence electrons. The van der Waals surface area contributed by atoms with Crippen molar-refractivity contribution in [2.75, 3.05) is 13.2 Å². The largest absolute Gasteiger partial charge is 0.490 e. The normalized spacial score (nSPS) is 9.82. The first kappa shape index (κ1) is 16.0. The Kier molecular flexibility index (Phi) is 8.55. The molecule has 0 aliphatic heterocycles. The lowest BCUT2D eigenvalue weighted by molar-refractivity contribution is 0.363. The predicted molar refractivity (Wildman–Crippen MR) is 75.9 cm³/mol. The molecule has 0 radical (unpaired) electrons. The zero-order valence-corrected chi connectivity index (χ0v) is 11.4. The van der Waals surface area contributed by atoms with E-state index in [1.54, 1.807) is 6.08 Å². The van der Waals surface area contributed by atoms with E-state index in [9.17, 15) is 0 Å². The summed E-state index contributed by atoms with van der Waals surface area (Å²) in [6, 6.07) is 8.17. The number of ether oxygens (including phenoxy) is 1. The first-order valence-electron chi connectivity index (χ1n) is 5.75. The summed E-state index contributed by atoms with van der Waals surface area (Å²) in [4.78, 5) is 0. The van der Waals surface area contributed by atoms with Gasteiger partial charge in [0.05, 0.1) is 0 Å². The van der Waals surface area contributed by atoms with Gasteiger partial charge < -0.3 is 10.1 Å². The molecule has 0 bridgehead atoms. The van der Waals surface area contributed by atoms with Gasteiger partial charge >= 0.3 is 0 Å². The maximum atomic E-state index is 5.41. The SMILES string of the molecule is C=CCOc1ccc(CNCC(C)C)cc1.Cl. The Bertz CT molecular complexity index is 309. The Morgan fingerprint density at radius 2 is 1.94 bits per heavy atom. The van der Waals surface area contributed by atoms with E-state index in [1.807, 2.05) is 12.1 Å². The number of benzene rings is 1. The van der Waals surface area contributed by atoms with Crippen LogP contribution in [-0.2, 0) is 6.54 Å². The maximum Gasteiger partial charge on any atom is 0.119 e. The number of nitrogens with one attached hydrogen (secondary N) is 1. The number of halogens is 1.